The van der Waals surface area contributed by atoms with Gasteiger partial charge in [0, 0.05) is 35.3 Å². The highest BCUT2D eigenvalue weighted by molar-refractivity contribution is 5.78. The highest BCUT2D eigenvalue weighted by Gasteiger charge is 2.23. The Hall–Kier alpha value is -4.62. The third-order valence-electron chi connectivity index (χ3n) is 6.93. The van der Waals surface area contributed by atoms with Crippen molar-refractivity contribution in [2.45, 2.75) is 38.6 Å². The van der Waals surface area contributed by atoms with Crippen molar-refractivity contribution in [3.05, 3.63) is 78.5 Å². The van der Waals surface area contributed by atoms with Gasteiger partial charge in [0.2, 0.25) is 0 Å². The molecule has 0 saturated carbocycles. The molecule has 5 aromatic rings. The largest absolute Gasteiger partial charge is 0.337 e. The minimum atomic E-state index is 0.143. The first-order chi connectivity index (χ1) is 18.6. The van der Waals surface area contributed by atoms with E-state index < -0.39 is 0 Å². The van der Waals surface area contributed by atoms with Gasteiger partial charge in [-0.2, -0.15) is 15.0 Å². The number of nitrogens with one attached hydrogen (secondary N) is 1. The Morgan fingerprint density at radius 2 is 1.87 bits per heavy atom. The lowest BCUT2D eigenvalue weighted by Crippen LogP contribution is -2.27. The van der Waals surface area contributed by atoms with Gasteiger partial charge < -0.3 is 10.2 Å². The molecule has 0 unspecified atom stereocenters. The summed E-state index contributed by atoms with van der Waals surface area (Å²) in [5.41, 5.74) is 4.95. The van der Waals surface area contributed by atoms with Gasteiger partial charge in [-0.15, -0.1) is 5.10 Å². The van der Waals surface area contributed by atoms with Crippen LogP contribution in [0.25, 0.3) is 22.5 Å². The zero-order valence-corrected chi connectivity index (χ0v) is 21.4. The van der Waals surface area contributed by atoms with Crippen LogP contribution in [0.5, 0.6) is 0 Å². The highest BCUT2D eigenvalue weighted by atomic mass is 15.4. The van der Waals surface area contributed by atoms with E-state index in [1.165, 1.54) is 0 Å². The SMILES string of the molecule is CC(C)N(c1ccccc1)c1cc(-n2ncc3cc(C#N)cnc32)ncc1-n1cc(C2CCNCC2)nn1. The second kappa shape index (κ2) is 10.0. The van der Waals surface area contributed by atoms with E-state index in [4.69, 9.17) is 4.98 Å². The Kier molecular flexibility index (Phi) is 6.27. The Labute approximate surface area is 220 Å². The first-order valence-corrected chi connectivity index (χ1v) is 12.8. The molecule has 10 heteroatoms. The molecule has 0 aliphatic carbocycles. The number of aromatic nitrogens is 7. The Bertz CT molecular complexity index is 1610. The van der Waals surface area contributed by atoms with E-state index in [2.05, 4.69) is 62.7 Å². The molecular weight excluding hydrogens is 476 g/mol. The number of rotatable bonds is 6. The van der Waals surface area contributed by atoms with E-state index in [0.717, 1.165) is 54.1 Å². The van der Waals surface area contributed by atoms with Crippen molar-refractivity contribution >= 4 is 22.4 Å². The molecule has 10 nitrogen and oxygen atoms in total. The summed E-state index contributed by atoms with van der Waals surface area (Å²) >= 11 is 0. The molecule has 1 fully saturated rings. The third-order valence-corrected chi connectivity index (χ3v) is 6.93. The van der Waals surface area contributed by atoms with Gasteiger partial charge in [0.1, 0.15) is 11.8 Å². The van der Waals surface area contributed by atoms with Crippen LogP contribution < -0.4 is 10.2 Å². The maximum Gasteiger partial charge on any atom is 0.164 e. The van der Waals surface area contributed by atoms with Gasteiger partial charge in [-0.25, -0.2) is 14.6 Å². The zero-order chi connectivity index (χ0) is 26.1. The van der Waals surface area contributed by atoms with E-state index in [9.17, 15) is 5.26 Å². The molecule has 0 bridgehead atoms. The second-order valence-corrected chi connectivity index (χ2v) is 9.75. The van der Waals surface area contributed by atoms with Gasteiger partial charge in [0.25, 0.3) is 0 Å². The smallest absolute Gasteiger partial charge is 0.164 e. The van der Waals surface area contributed by atoms with Crippen LogP contribution >= 0.6 is 0 Å². The van der Waals surface area contributed by atoms with Gasteiger partial charge >= 0.3 is 0 Å². The molecule has 1 saturated heterocycles. The maximum absolute atomic E-state index is 9.25. The molecule has 190 valence electrons. The lowest BCUT2D eigenvalue weighted by atomic mass is 9.95. The van der Waals surface area contributed by atoms with Crippen molar-refractivity contribution in [2.24, 2.45) is 0 Å². The number of para-hydroxylation sites is 1. The van der Waals surface area contributed by atoms with Crippen LogP contribution in [-0.4, -0.2) is 53.9 Å². The molecule has 0 amide bonds. The molecule has 6 rings (SSSR count). The van der Waals surface area contributed by atoms with Crippen LogP contribution in [0.15, 0.2) is 67.3 Å². The van der Waals surface area contributed by atoms with Crippen LogP contribution in [0.1, 0.15) is 43.9 Å². The van der Waals surface area contributed by atoms with E-state index in [1.807, 2.05) is 41.3 Å². The summed E-state index contributed by atoms with van der Waals surface area (Å²) in [6.07, 6.45) is 9.22. The van der Waals surface area contributed by atoms with Crippen molar-refractivity contribution in [3.63, 3.8) is 0 Å². The van der Waals surface area contributed by atoms with Crippen molar-refractivity contribution < 1.29 is 0 Å². The Morgan fingerprint density at radius 1 is 1.05 bits per heavy atom. The normalized spacial score (nSPS) is 14.2. The molecule has 5 heterocycles. The van der Waals surface area contributed by atoms with Crippen molar-refractivity contribution in [1.82, 2.24) is 40.1 Å². The molecule has 4 aromatic heterocycles. The second-order valence-electron chi connectivity index (χ2n) is 9.75. The summed E-state index contributed by atoms with van der Waals surface area (Å²) in [4.78, 5) is 11.5. The summed E-state index contributed by atoms with van der Waals surface area (Å²) in [6.45, 7) is 6.31. The third kappa shape index (κ3) is 4.37. The monoisotopic (exact) mass is 504 g/mol. The number of nitriles is 1. The topological polar surface area (TPSA) is 113 Å². The fraction of sp³-hybridized carbons (Fsp3) is 0.286. The fourth-order valence-corrected chi connectivity index (χ4v) is 5.07. The van der Waals surface area contributed by atoms with Gasteiger partial charge in [-0.3, -0.25) is 0 Å². The summed E-state index contributed by atoms with van der Waals surface area (Å²) in [7, 11) is 0. The number of hydrogen-bond acceptors (Lipinski definition) is 8. The molecule has 0 spiro atoms. The summed E-state index contributed by atoms with van der Waals surface area (Å²) in [5, 5.41) is 27.1. The number of anilines is 2. The van der Waals surface area contributed by atoms with Crippen LogP contribution in [0.4, 0.5) is 11.4 Å². The number of piperidine rings is 1. The highest BCUT2D eigenvalue weighted by Crippen LogP contribution is 2.35. The molecule has 0 radical (unpaired) electrons. The average Bonchev–Trinajstić information content (AvgIpc) is 3.61. The predicted molar refractivity (Wildman–Crippen MR) is 145 cm³/mol. The van der Waals surface area contributed by atoms with Gasteiger partial charge in [-0.05, 0) is 58.0 Å². The minimum Gasteiger partial charge on any atom is -0.337 e. The minimum absolute atomic E-state index is 0.143. The first kappa shape index (κ1) is 23.8. The van der Waals surface area contributed by atoms with Crippen LogP contribution in [0.3, 0.4) is 0 Å². The Morgan fingerprint density at radius 3 is 2.63 bits per heavy atom. The number of benzene rings is 1. The molecule has 1 N–H and O–H groups in total. The van der Waals surface area contributed by atoms with Gasteiger partial charge in [-0.1, -0.05) is 23.4 Å². The van der Waals surface area contributed by atoms with Gasteiger partial charge in [0.15, 0.2) is 11.5 Å². The fourth-order valence-electron chi connectivity index (χ4n) is 5.07. The first-order valence-electron chi connectivity index (χ1n) is 12.8. The standard InChI is InChI=1S/C28H28N10/c1-19(2)37(23-6-4-3-5-7-23)25-13-27(38-28-22(16-33-38)12-20(14-29)15-32-28)31-17-26(25)36-18-24(34-35-36)21-8-10-30-11-9-21/h3-7,12-13,15-19,21,30H,8-11H2,1-2H3. The lowest BCUT2D eigenvalue weighted by Gasteiger charge is -2.31. The molecule has 0 atom stereocenters. The Balaban J connectivity index is 1.49. The summed E-state index contributed by atoms with van der Waals surface area (Å²) in [6, 6.07) is 16.4. The summed E-state index contributed by atoms with van der Waals surface area (Å²) < 4.78 is 3.54. The number of hydrogen-bond donors (Lipinski definition) is 1. The van der Waals surface area contributed by atoms with Crippen molar-refractivity contribution in [2.75, 3.05) is 18.0 Å². The van der Waals surface area contributed by atoms with Crippen LogP contribution in [0.2, 0.25) is 0 Å². The summed E-state index contributed by atoms with van der Waals surface area (Å²) in [5.74, 6) is 1.02. The predicted octanol–water partition coefficient (Wildman–Crippen LogP) is 4.28. The maximum atomic E-state index is 9.25. The van der Waals surface area contributed by atoms with Crippen molar-refractivity contribution in [3.8, 4) is 17.6 Å². The van der Waals surface area contributed by atoms with E-state index in [-0.39, 0.29) is 6.04 Å². The number of nitrogens with zero attached hydrogens (tertiary/aromatic N) is 9. The number of fused-ring (bicyclic) bond motifs is 1. The lowest BCUT2D eigenvalue weighted by molar-refractivity contribution is 0.453. The van der Waals surface area contributed by atoms with Crippen LogP contribution in [-0.2, 0) is 0 Å². The molecule has 38 heavy (non-hydrogen) atoms. The van der Waals surface area contributed by atoms with E-state index in [0.29, 0.717) is 22.9 Å². The van der Waals surface area contributed by atoms with E-state index in [1.54, 1.807) is 23.1 Å². The van der Waals surface area contributed by atoms with Crippen molar-refractivity contribution in [1.29, 1.82) is 5.26 Å². The average molecular weight is 505 g/mol. The van der Waals surface area contributed by atoms with E-state index >= 15 is 0 Å². The quantitative estimate of drug-likeness (QED) is 0.365. The molecule has 1 aliphatic heterocycles. The van der Waals surface area contributed by atoms with Gasteiger partial charge in [0.05, 0.1) is 35.5 Å². The van der Waals surface area contributed by atoms with Crippen LogP contribution in [0, 0.1) is 11.3 Å². The molecule has 1 aromatic carbocycles. The molecular formula is C28H28N10. The zero-order valence-electron chi connectivity index (χ0n) is 21.4. The molecule has 1 aliphatic rings. The number of pyridine rings is 2.